The normalized spacial score (nSPS) is 27.0. The number of anilines is 1. The smallest absolute Gasteiger partial charge is 0.318 e. The fourth-order valence-electron chi connectivity index (χ4n) is 2.96. The molecule has 1 N–H and O–H groups in total. The van der Waals surface area contributed by atoms with Gasteiger partial charge >= 0.3 is 6.01 Å². The zero-order valence-corrected chi connectivity index (χ0v) is 10.4. The quantitative estimate of drug-likeness (QED) is 0.786. The Balaban J connectivity index is 1.60. The molecule has 0 spiro atoms. The fourth-order valence-corrected chi connectivity index (χ4v) is 2.96. The van der Waals surface area contributed by atoms with Crippen LogP contribution >= 0.6 is 0 Å². The molecule has 1 saturated carbocycles. The lowest BCUT2D eigenvalue weighted by Gasteiger charge is -2.24. The molecule has 1 aromatic heterocycles. The second kappa shape index (κ2) is 4.64. The Morgan fingerprint density at radius 2 is 2.35 bits per heavy atom. The number of nitrogens with zero attached hydrogens (tertiary/aromatic N) is 3. The van der Waals surface area contributed by atoms with Crippen molar-refractivity contribution in [1.82, 2.24) is 15.5 Å². The van der Waals surface area contributed by atoms with Crippen molar-refractivity contribution in [1.29, 1.82) is 0 Å². The fraction of sp³-hybridized carbons (Fsp3) is 0.833. The van der Waals surface area contributed by atoms with Crippen LogP contribution in [0.15, 0.2) is 4.42 Å². The Kier molecular flexibility index (Phi) is 3.01. The van der Waals surface area contributed by atoms with E-state index >= 15 is 0 Å². The van der Waals surface area contributed by atoms with Crippen LogP contribution in [0, 0.1) is 5.92 Å². The number of aromatic nitrogens is 2. The van der Waals surface area contributed by atoms with Crippen LogP contribution in [0.3, 0.4) is 0 Å². The molecule has 1 saturated heterocycles. The van der Waals surface area contributed by atoms with Crippen molar-refractivity contribution in [2.24, 2.45) is 5.92 Å². The Hall–Kier alpha value is -1.10. The van der Waals surface area contributed by atoms with Crippen molar-refractivity contribution in [3.63, 3.8) is 0 Å². The molecule has 0 amide bonds. The minimum atomic E-state index is 0.650. The summed E-state index contributed by atoms with van der Waals surface area (Å²) in [5.74, 6) is 1.56. The van der Waals surface area contributed by atoms with Gasteiger partial charge in [0.15, 0.2) is 0 Å². The van der Waals surface area contributed by atoms with Gasteiger partial charge in [-0.05, 0) is 38.1 Å². The molecule has 2 heterocycles. The monoisotopic (exact) mass is 236 g/mol. The van der Waals surface area contributed by atoms with Gasteiger partial charge in [0.25, 0.3) is 0 Å². The molecular formula is C12H20N4O. The van der Waals surface area contributed by atoms with Crippen LogP contribution < -0.4 is 10.2 Å². The van der Waals surface area contributed by atoms with E-state index in [1.807, 2.05) is 0 Å². The van der Waals surface area contributed by atoms with Crippen LogP contribution in [0.1, 0.15) is 38.5 Å². The molecule has 0 radical (unpaired) electrons. The number of hydrogen-bond donors (Lipinski definition) is 1. The maximum Gasteiger partial charge on any atom is 0.318 e. The van der Waals surface area contributed by atoms with E-state index in [9.17, 15) is 0 Å². The predicted octanol–water partition coefficient (Wildman–Crippen LogP) is 1.56. The van der Waals surface area contributed by atoms with Gasteiger partial charge in [0.1, 0.15) is 0 Å². The summed E-state index contributed by atoms with van der Waals surface area (Å²) in [6.07, 6.45) is 5.10. The highest BCUT2D eigenvalue weighted by molar-refractivity contribution is 5.31. The lowest BCUT2D eigenvalue weighted by Crippen LogP contribution is -2.32. The van der Waals surface area contributed by atoms with Gasteiger partial charge in [0.05, 0.1) is 6.54 Å². The van der Waals surface area contributed by atoms with Crippen molar-refractivity contribution in [2.75, 3.05) is 18.0 Å². The van der Waals surface area contributed by atoms with Crippen LogP contribution in [0.5, 0.6) is 0 Å². The number of hydrogen-bond acceptors (Lipinski definition) is 5. The summed E-state index contributed by atoms with van der Waals surface area (Å²) in [4.78, 5) is 2.30. The first-order valence-corrected chi connectivity index (χ1v) is 6.66. The lowest BCUT2D eigenvalue weighted by atomic mass is 10.1. The highest BCUT2D eigenvalue weighted by atomic mass is 16.4. The van der Waals surface area contributed by atoms with E-state index in [1.165, 1.54) is 19.3 Å². The Labute approximate surface area is 102 Å². The summed E-state index contributed by atoms with van der Waals surface area (Å²) in [6, 6.07) is 1.38. The van der Waals surface area contributed by atoms with Gasteiger partial charge in [0, 0.05) is 12.6 Å². The van der Waals surface area contributed by atoms with Crippen molar-refractivity contribution in [3.05, 3.63) is 5.89 Å². The standard InChI is InChI=1S/C12H20N4O/c1-2-5-13-7-11-14-15-12(17-11)16-8-9-3-4-10(16)6-9/h9-10,13H,2-8H2,1H3. The molecule has 2 unspecified atom stereocenters. The van der Waals surface area contributed by atoms with E-state index < -0.39 is 0 Å². The second-order valence-electron chi connectivity index (χ2n) is 5.14. The molecule has 5 heteroatoms. The average Bonchev–Trinajstić information content (AvgIpc) is 3.04. The summed E-state index contributed by atoms with van der Waals surface area (Å²) in [6.45, 7) is 4.93. The Morgan fingerprint density at radius 1 is 1.41 bits per heavy atom. The SMILES string of the molecule is CCCNCc1nnc(N2CC3CCC2C3)o1. The molecule has 0 aromatic carbocycles. The summed E-state index contributed by atoms with van der Waals surface area (Å²) in [5.41, 5.74) is 0. The average molecular weight is 236 g/mol. The van der Waals surface area contributed by atoms with E-state index in [0.29, 0.717) is 18.5 Å². The highest BCUT2D eigenvalue weighted by Gasteiger charge is 2.40. The largest absolute Gasteiger partial charge is 0.407 e. The van der Waals surface area contributed by atoms with Gasteiger partial charge < -0.3 is 14.6 Å². The summed E-state index contributed by atoms with van der Waals surface area (Å²) in [7, 11) is 0. The molecule has 3 rings (SSSR count). The predicted molar refractivity (Wildman–Crippen MR) is 64.8 cm³/mol. The third-order valence-electron chi connectivity index (χ3n) is 3.81. The first-order chi connectivity index (χ1) is 8.36. The van der Waals surface area contributed by atoms with Crippen molar-refractivity contribution in [2.45, 2.75) is 45.2 Å². The second-order valence-corrected chi connectivity index (χ2v) is 5.14. The van der Waals surface area contributed by atoms with E-state index in [4.69, 9.17) is 4.42 Å². The molecule has 17 heavy (non-hydrogen) atoms. The van der Waals surface area contributed by atoms with Gasteiger partial charge in [-0.1, -0.05) is 12.0 Å². The van der Waals surface area contributed by atoms with Crippen LogP contribution in [-0.4, -0.2) is 29.3 Å². The zero-order chi connectivity index (χ0) is 11.7. The van der Waals surface area contributed by atoms with Gasteiger partial charge in [-0.25, -0.2) is 0 Å². The maximum absolute atomic E-state index is 5.71. The Bertz CT molecular complexity index is 378. The number of piperidine rings is 1. The maximum atomic E-state index is 5.71. The van der Waals surface area contributed by atoms with E-state index in [2.05, 4.69) is 27.3 Å². The first kappa shape index (κ1) is 11.0. The molecule has 2 atom stereocenters. The van der Waals surface area contributed by atoms with Gasteiger partial charge in [-0.2, -0.15) is 0 Å². The van der Waals surface area contributed by atoms with E-state index in [0.717, 1.165) is 31.4 Å². The van der Waals surface area contributed by atoms with Crippen LogP contribution in [-0.2, 0) is 6.54 Å². The molecule has 1 aliphatic carbocycles. The minimum Gasteiger partial charge on any atom is -0.407 e. The topological polar surface area (TPSA) is 54.2 Å². The molecule has 1 aliphatic heterocycles. The van der Waals surface area contributed by atoms with Gasteiger partial charge in [-0.15, -0.1) is 5.10 Å². The van der Waals surface area contributed by atoms with E-state index in [1.54, 1.807) is 0 Å². The molecule has 5 nitrogen and oxygen atoms in total. The number of fused-ring (bicyclic) bond motifs is 2. The zero-order valence-electron chi connectivity index (χ0n) is 10.4. The molecule has 2 fully saturated rings. The van der Waals surface area contributed by atoms with Crippen molar-refractivity contribution in [3.8, 4) is 0 Å². The van der Waals surface area contributed by atoms with E-state index in [-0.39, 0.29) is 0 Å². The summed E-state index contributed by atoms with van der Waals surface area (Å²) in [5, 5.41) is 11.5. The third-order valence-corrected chi connectivity index (χ3v) is 3.81. The molecular weight excluding hydrogens is 216 g/mol. The van der Waals surface area contributed by atoms with Gasteiger partial charge in [-0.3, -0.25) is 0 Å². The lowest BCUT2D eigenvalue weighted by molar-refractivity contribution is 0.443. The first-order valence-electron chi connectivity index (χ1n) is 6.66. The third kappa shape index (κ3) is 2.16. The molecule has 94 valence electrons. The molecule has 1 aromatic rings. The highest BCUT2D eigenvalue weighted by Crippen LogP contribution is 2.39. The van der Waals surface area contributed by atoms with Gasteiger partial charge in [0.2, 0.25) is 5.89 Å². The van der Waals surface area contributed by atoms with Crippen LogP contribution in [0.4, 0.5) is 6.01 Å². The molecule has 2 aliphatic rings. The number of rotatable bonds is 5. The summed E-state index contributed by atoms with van der Waals surface area (Å²) >= 11 is 0. The van der Waals surface area contributed by atoms with Crippen LogP contribution in [0.25, 0.3) is 0 Å². The minimum absolute atomic E-state index is 0.650. The van der Waals surface area contributed by atoms with Crippen molar-refractivity contribution < 1.29 is 4.42 Å². The van der Waals surface area contributed by atoms with Crippen LogP contribution in [0.2, 0.25) is 0 Å². The molecule has 2 bridgehead atoms. The number of nitrogens with one attached hydrogen (secondary N) is 1. The van der Waals surface area contributed by atoms with Crippen molar-refractivity contribution >= 4 is 6.01 Å². The Morgan fingerprint density at radius 3 is 3.06 bits per heavy atom. The summed E-state index contributed by atoms with van der Waals surface area (Å²) < 4.78 is 5.71.